The fraction of sp³-hybridized carbons (Fsp3) is 0. The lowest BCUT2D eigenvalue weighted by atomic mass is 10.2. The van der Waals surface area contributed by atoms with Gasteiger partial charge < -0.3 is 0 Å². The van der Waals surface area contributed by atoms with Crippen LogP contribution in [0.2, 0.25) is 0 Å². The molecular formula is C21H14IN3O. The van der Waals surface area contributed by atoms with Crippen molar-refractivity contribution in [3.8, 4) is 5.69 Å². The van der Waals surface area contributed by atoms with Crippen molar-refractivity contribution in [3.05, 3.63) is 98.4 Å². The molecule has 126 valence electrons. The third-order valence-electron chi connectivity index (χ3n) is 3.98. The van der Waals surface area contributed by atoms with E-state index in [4.69, 9.17) is 4.98 Å². The Morgan fingerprint density at radius 1 is 0.962 bits per heavy atom. The molecular weight excluding hydrogens is 437 g/mol. The summed E-state index contributed by atoms with van der Waals surface area (Å²) >= 11 is 2.21. The van der Waals surface area contributed by atoms with Gasteiger partial charge in [-0.15, -0.1) is 0 Å². The first-order valence-electron chi connectivity index (χ1n) is 8.08. The van der Waals surface area contributed by atoms with Crippen LogP contribution in [0.5, 0.6) is 0 Å². The molecule has 4 aromatic rings. The molecule has 4 rings (SSSR count). The average molecular weight is 451 g/mol. The molecule has 0 N–H and O–H groups in total. The van der Waals surface area contributed by atoms with Gasteiger partial charge in [0.25, 0.3) is 5.56 Å². The summed E-state index contributed by atoms with van der Waals surface area (Å²) in [6.45, 7) is 0. The molecule has 0 spiro atoms. The topological polar surface area (TPSA) is 47.8 Å². The van der Waals surface area contributed by atoms with Crippen molar-refractivity contribution in [2.45, 2.75) is 0 Å². The van der Waals surface area contributed by atoms with Crippen molar-refractivity contribution >= 4 is 45.6 Å². The standard InChI is InChI=1S/C21H14IN3O/c22-16-9-10-19-18(13-16)21(26)25(17-6-2-1-3-7-17)20(24-19)11-8-15-5-4-12-23-14-15/h1-14H. The van der Waals surface area contributed by atoms with Crippen LogP contribution in [-0.4, -0.2) is 14.5 Å². The summed E-state index contributed by atoms with van der Waals surface area (Å²) in [5.74, 6) is 0.582. The second kappa shape index (κ2) is 7.21. The average Bonchev–Trinajstić information content (AvgIpc) is 2.68. The first-order chi connectivity index (χ1) is 12.7. The lowest BCUT2D eigenvalue weighted by Gasteiger charge is -2.11. The van der Waals surface area contributed by atoms with Crippen molar-refractivity contribution < 1.29 is 0 Å². The molecule has 0 fully saturated rings. The van der Waals surface area contributed by atoms with Gasteiger partial charge in [0, 0.05) is 16.0 Å². The van der Waals surface area contributed by atoms with E-state index in [1.54, 1.807) is 17.0 Å². The van der Waals surface area contributed by atoms with Crippen LogP contribution in [-0.2, 0) is 0 Å². The molecule has 2 aromatic heterocycles. The second-order valence-corrected chi connectivity index (χ2v) is 6.97. The molecule has 0 aliphatic heterocycles. The van der Waals surface area contributed by atoms with Crippen LogP contribution in [0.4, 0.5) is 0 Å². The van der Waals surface area contributed by atoms with E-state index >= 15 is 0 Å². The van der Waals surface area contributed by atoms with E-state index in [0.29, 0.717) is 16.7 Å². The highest BCUT2D eigenvalue weighted by Crippen LogP contribution is 2.17. The third kappa shape index (κ3) is 3.30. The number of aromatic nitrogens is 3. The number of hydrogen-bond donors (Lipinski definition) is 0. The van der Waals surface area contributed by atoms with Crippen LogP contribution in [0.3, 0.4) is 0 Å². The van der Waals surface area contributed by atoms with Crippen molar-refractivity contribution in [2.24, 2.45) is 0 Å². The van der Waals surface area contributed by atoms with Crippen LogP contribution in [0.1, 0.15) is 11.4 Å². The van der Waals surface area contributed by atoms with Crippen molar-refractivity contribution in [1.29, 1.82) is 0 Å². The monoisotopic (exact) mass is 451 g/mol. The first-order valence-corrected chi connectivity index (χ1v) is 9.16. The summed E-state index contributed by atoms with van der Waals surface area (Å²) in [6, 6.07) is 19.1. The number of pyridine rings is 1. The van der Waals surface area contributed by atoms with Crippen molar-refractivity contribution in [1.82, 2.24) is 14.5 Å². The smallest absolute Gasteiger partial charge is 0.266 e. The van der Waals surface area contributed by atoms with Gasteiger partial charge in [-0.25, -0.2) is 4.98 Å². The maximum Gasteiger partial charge on any atom is 0.266 e. The van der Waals surface area contributed by atoms with Gasteiger partial charge in [-0.1, -0.05) is 24.3 Å². The fourth-order valence-corrected chi connectivity index (χ4v) is 3.25. The quantitative estimate of drug-likeness (QED) is 0.430. The predicted octanol–water partition coefficient (Wildman–Crippen LogP) is 4.56. The zero-order chi connectivity index (χ0) is 17.9. The molecule has 0 radical (unpaired) electrons. The summed E-state index contributed by atoms with van der Waals surface area (Å²) in [5.41, 5.74) is 2.35. The maximum absolute atomic E-state index is 13.2. The van der Waals surface area contributed by atoms with Crippen LogP contribution < -0.4 is 5.56 Å². The number of rotatable bonds is 3. The lowest BCUT2D eigenvalue weighted by Crippen LogP contribution is -2.22. The highest BCUT2D eigenvalue weighted by molar-refractivity contribution is 14.1. The molecule has 0 unspecified atom stereocenters. The predicted molar refractivity (Wildman–Crippen MR) is 113 cm³/mol. The van der Waals surface area contributed by atoms with E-state index in [0.717, 1.165) is 14.8 Å². The number of para-hydroxylation sites is 1. The molecule has 0 saturated heterocycles. The van der Waals surface area contributed by atoms with E-state index in [-0.39, 0.29) is 5.56 Å². The largest absolute Gasteiger partial charge is 0.268 e. The zero-order valence-electron chi connectivity index (χ0n) is 13.7. The van der Waals surface area contributed by atoms with Crippen LogP contribution >= 0.6 is 22.6 Å². The molecule has 5 heteroatoms. The van der Waals surface area contributed by atoms with E-state index < -0.39 is 0 Å². The van der Waals surface area contributed by atoms with Gasteiger partial charge in [0.1, 0.15) is 5.82 Å². The van der Waals surface area contributed by atoms with Crippen LogP contribution in [0.15, 0.2) is 77.9 Å². The van der Waals surface area contributed by atoms with E-state index in [1.807, 2.05) is 72.8 Å². The first kappa shape index (κ1) is 16.7. The Morgan fingerprint density at radius 2 is 1.81 bits per heavy atom. The minimum absolute atomic E-state index is 0.0782. The van der Waals surface area contributed by atoms with Crippen molar-refractivity contribution in [2.75, 3.05) is 0 Å². The minimum atomic E-state index is -0.0782. The highest BCUT2D eigenvalue weighted by atomic mass is 127. The summed E-state index contributed by atoms with van der Waals surface area (Å²) in [6.07, 6.45) is 7.26. The Bertz CT molecular complexity index is 1150. The number of benzene rings is 2. The molecule has 0 aliphatic rings. The fourth-order valence-electron chi connectivity index (χ4n) is 2.76. The SMILES string of the molecule is O=c1c2cc(I)ccc2nc(C=Cc2cccnc2)n1-c1ccccc1. The highest BCUT2D eigenvalue weighted by Gasteiger charge is 2.11. The number of hydrogen-bond acceptors (Lipinski definition) is 3. The minimum Gasteiger partial charge on any atom is -0.268 e. The molecule has 2 heterocycles. The second-order valence-electron chi connectivity index (χ2n) is 5.73. The Labute approximate surface area is 164 Å². The summed E-state index contributed by atoms with van der Waals surface area (Å²) in [7, 11) is 0. The lowest BCUT2D eigenvalue weighted by molar-refractivity contribution is 0.944. The Balaban J connectivity index is 1.97. The van der Waals surface area contributed by atoms with Crippen LogP contribution in [0, 0.1) is 3.57 Å². The number of halogens is 1. The molecule has 0 bridgehead atoms. The molecule has 0 amide bonds. The summed E-state index contributed by atoms with van der Waals surface area (Å²) < 4.78 is 2.65. The Morgan fingerprint density at radius 3 is 2.58 bits per heavy atom. The van der Waals surface area contributed by atoms with Gasteiger partial charge in [-0.2, -0.15) is 0 Å². The van der Waals surface area contributed by atoms with E-state index in [9.17, 15) is 4.79 Å². The Hall–Kier alpha value is -2.80. The third-order valence-corrected chi connectivity index (χ3v) is 4.65. The van der Waals surface area contributed by atoms with Gasteiger partial charge in [-0.05, 0) is 76.7 Å². The maximum atomic E-state index is 13.2. The Kier molecular flexibility index (Phi) is 4.62. The van der Waals surface area contributed by atoms with E-state index in [2.05, 4.69) is 27.6 Å². The molecule has 0 aliphatic carbocycles. The molecule has 2 aromatic carbocycles. The van der Waals surface area contributed by atoms with Gasteiger partial charge in [0.2, 0.25) is 0 Å². The molecule has 4 nitrogen and oxygen atoms in total. The van der Waals surface area contributed by atoms with Gasteiger partial charge in [0.05, 0.1) is 16.6 Å². The van der Waals surface area contributed by atoms with Gasteiger partial charge in [0.15, 0.2) is 0 Å². The summed E-state index contributed by atoms with van der Waals surface area (Å²) in [5, 5.41) is 0.610. The van der Waals surface area contributed by atoms with E-state index in [1.165, 1.54) is 0 Å². The number of fused-ring (bicyclic) bond motifs is 1. The zero-order valence-corrected chi connectivity index (χ0v) is 15.9. The molecule has 0 saturated carbocycles. The number of nitrogens with zero attached hydrogens (tertiary/aromatic N) is 3. The molecule has 26 heavy (non-hydrogen) atoms. The molecule has 0 atom stereocenters. The van der Waals surface area contributed by atoms with Gasteiger partial charge in [-0.3, -0.25) is 14.3 Å². The van der Waals surface area contributed by atoms with Crippen LogP contribution in [0.25, 0.3) is 28.7 Å². The van der Waals surface area contributed by atoms with Crippen molar-refractivity contribution in [3.63, 3.8) is 0 Å². The van der Waals surface area contributed by atoms with Gasteiger partial charge >= 0.3 is 0 Å². The normalized spacial score (nSPS) is 11.3. The summed E-state index contributed by atoms with van der Waals surface area (Å²) in [4.78, 5) is 22.0.